The summed E-state index contributed by atoms with van der Waals surface area (Å²) in [5.41, 5.74) is 3.38. The van der Waals surface area contributed by atoms with E-state index in [-0.39, 0.29) is 28.1 Å². The number of aliphatic carboxylic acids is 1. The summed E-state index contributed by atoms with van der Waals surface area (Å²) < 4.78 is 0. The first kappa shape index (κ1) is 23.6. The summed E-state index contributed by atoms with van der Waals surface area (Å²) in [5.74, 6) is -0.938. The highest BCUT2D eigenvalue weighted by atomic mass is 35.5. The molecule has 0 aliphatic rings. The molecule has 1 amide bonds. The van der Waals surface area contributed by atoms with E-state index in [1.807, 2.05) is 24.3 Å². The molecular formula is C24H23Cl2N3O3. The van der Waals surface area contributed by atoms with Crippen LogP contribution < -0.4 is 10.6 Å². The molecule has 3 rings (SSSR count). The Hall–Kier alpha value is -3.09. The zero-order valence-corrected chi connectivity index (χ0v) is 19.1. The number of hydrogen-bond donors (Lipinski definition) is 3. The number of rotatable bonds is 8. The van der Waals surface area contributed by atoms with Gasteiger partial charge in [0.2, 0.25) is 0 Å². The number of hydrogen-bond acceptors (Lipinski definition) is 4. The first-order valence-electron chi connectivity index (χ1n) is 10.0. The van der Waals surface area contributed by atoms with Crippen molar-refractivity contribution in [2.45, 2.75) is 32.2 Å². The Labute approximate surface area is 196 Å². The second-order valence-electron chi connectivity index (χ2n) is 7.65. The summed E-state index contributed by atoms with van der Waals surface area (Å²) in [4.78, 5) is 28.1. The molecule has 6 nitrogen and oxygen atoms in total. The van der Waals surface area contributed by atoms with E-state index in [9.17, 15) is 14.7 Å². The maximum atomic E-state index is 12.5. The minimum absolute atomic E-state index is 0.235. The van der Waals surface area contributed by atoms with Gasteiger partial charge in [0.05, 0.1) is 15.7 Å². The topological polar surface area (TPSA) is 91.3 Å². The Bertz CT molecular complexity index is 1080. The zero-order valence-electron chi connectivity index (χ0n) is 17.6. The van der Waals surface area contributed by atoms with E-state index >= 15 is 0 Å². The smallest absolute Gasteiger partial charge is 0.326 e. The molecule has 3 N–H and O–H groups in total. The molecule has 2 aromatic carbocycles. The number of aromatic nitrogens is 1. The third kappa shape index (κ3) is 5.99. The van der Waals surface area contributed by atoms with E-state index in [1.54, 1.807) is 24.3 Å². The molecule has 0 aliphatic heterocycles. The number of nitrogens with one attached hydrogen (secondary N) is 2. The summed E-state index contributed by atoms with van der Waals surface area (Å²) in [7, 11) is 0. The molecule has 0 saturated heterocycles. The Morgan fingerprint density at radius 1 is 0.969 bits per heavy atom. The van der Waals surface area contributed by atoms with Gasteiger partial charge < -0.3 is 15.7 Å². The van der Waals surface area contributed by atoms with Crippen LogP contribution in [0.3, 0.4) is 0 Å². The van der Waals surface area contributed by atoms with Crippen LogP contribution in [-0.4, -0.2) is 28.0 Å². The molecular weight excluding hydrogens is 449 g/mol. The minimum Gasteiger partial charge on any atom is -0.480 e. The molecule has 0 spiro atoms. The summed E-state index contributed by atoms with van der Waals surface area (Å²) in [5, 5.41) is 15.8. The summed E-state index contributed by atoms with van der Waals surface area (Å²) in [6, 6.07) is 13.6. The quantitative estimate of drug-likeness (QED) is 0.381. The molecule has 1 aromatic heterocycles. The van der Waals surface area contributed by atoms with Crippen molar-refractivity contribution in [1.82, 2.24) is 4.98 Å². The molecule has 8 heteroatoms. The Morgan fingerprint density at radius 3 is 2.09 bits per heavy atom. The van der Waals surface area contributed by atoms with Gasteiger partial charge in [0.15, 0.2) is 0 Å². The third-order valence-corrected chi connectivity index (χ3v) is 5.54. The lowest BCUT2D eigenvalue weighted by atomic mass is 10.0. The molecule has 32 heavy (non-hydrogen) atoms. The summed E-state index contributed by atoms with van der Waals surface area (Å²) in [6.45, 7) is 4.21. The number of amides is 1. The third-order valence-electron chi connectivity index (χ3n) is 4.96. The van der Waals surface area contributed by atoms with E-state index < -0.39 is 12.0 Å². The molecule has 0 aliphatic carbocycles. The van der Waals surface area contributed by atoms with Crippen molar-refractivity contribution in [3.63, 3.8) is 0 Å². The number of anilines is 2. The van der Waals surface area contributed by atoms with Crippen LogP contribution >= 0.6 is 23.2 Å². The number of benzene rings is 2. The van der Waals surface area contributed by atoms with Crippen molar-refractivity contribution in [1.29, 1.82) is 0 Å². The van der Waals surface area contributed by atoms with Gasteiger partial charge in [-0.15, -0.1) is 0 Å². The van der Waals surface area contributed by atoms with Crippen molar-refractivity contribution in [3.05, 3.63) is 87.7 Å². The molecule has 1 atom stereocenters. The van der Waals surface area contributed by atoms with E-state index in [1.165, 1.54) is 18.0 Å². The Morgan fingerprint density at radius 2 is 1.56 bits per heavy atom. The highest BCUT2D eigenvalue weighted by Gasteiger charge is 2.19. The first-order chi connectivity index (χ1) is 15.2. The average Bonchev–Trinajstić information content (AvgIpc) is 2.76. The van der Waals surface area contributed by atoms with Gasteiger partial charge in [-0.1, -0.05) is 61.3 Å². The Balaban J connectivity index is 1.67. The lowest BCUT2D eigenvalue weighted by molar-refractivity contribution is -0.137. The van der Waals surface area contributed by atoms with Crippen LogP contribution in [0, 0.1) is 0 Å². The molecule has 1 unspecified atom stereocenters. The van der Waals surface area contributed by atoms with E-state index in [4.69, 9.17) is 23.2 Å². The van der Waals surface area contributed by atoms with Crippen molar-refractivity contribution < 1.29 is 14.7 Å². The minimum atomic E-state index is -0.957. The van der Waals surface area contributed by atoms with Crippen LogP contribution in [0.1, 0.15) is 41.3 Å². The van der Waals surface area contributed by atoms with Gasteiger partial charge in [-0.3, -0.25) is 9.78 Å². The molecule has 3 aromatic rings. The molecule has 1 heterocycles. The highest BCUT2D eigenvalue weighted by molar-refractivity contribution is 6.39. The van der Waals surface area contributed by atoms with Crippen LogP contribution in [0.25, 0.3) is 0 Å². The summed E-state index contributed by atoms with van der Waals surface area (Å²) >= 11 is 12.1. The maximum Gasteiger partial charge on any atom is 0.326 e. The number of nitrogens with zero attached hydrogens (tertiary/aromatic N) is 1. The Kier molecular flexibility index (Phi) is 7.72. The SMILES string of the molecule is CC(C)c1ccc(NC(Cc2ccc(C(=O)Nc3c(Cl)cncc3Cl)cc2)C(=O)O)cc1. The number of halogens is 2. The van der Waals surface area contributed by atoms with Crippen LogP contribution in [0.2, 0.25) is 10.0 Å². The van der Waals surface area contributed by atoms with Gasteiger partial charge in [-0.05, 0) is 41.3 Å². The highest BCUT2D eigenvalue weighted by Crippen LogP contribution is 2.29. The van der Waals surface area contributed by atoms with Crippen molar-refractivity contribution in [2.75, 3.05) is 10.6 Å². The molecule has 166 valence electrons. The summed E-state index contributed by atoms with van der Waals surface area (Å²) in [6.07, 6.45) is 3.04. The molecule has 0 bridgehead atoms. The maximum absolute atomic E-state index is 12.5. The fourth-order valence-electron chi connectivity index (χ4n) is 3.11. The second-order valence-corrected chi connectivity index (χ2v) is 8.46. The van der Waals surface area contributed by atoms with E-state index in [2.05, 4.69) is 29.5 Å². The van der Waals surface area contributed by atoms with E-state index in [0.29, 0.717) is 11.5 Å². The van der Waals surface area contributed by atoms with Crippen molar-refractivity contribution >= 4 is 46.5 Å². The van der Waals surface area contributed by atoms with Crippen molar-refractivity contribution in [2.24, 2.45) is 0 Å². The van der Waals surface area contributed by atoms with Gasteiger partial charge >= 0.3 is 5.97 Å². The first-order valence-corrected chi connectivity index (χ1v) is 10.8. The van der Waals surface area contributed by atoms with E-state index in [0.717, 1.165) is 11.3 Å². The van der Waals surface area contributed by atoms with Gasteiger partial charge in [0.1, 0.15) is 6.04 Å². The monoisotopic (exact) mass is 471 g/mol. The molecule has 0 radical (unpaired) electrons. The number of carbonyl (C=O) groups excluding carboxylic acids is 1. The largest absolute Gasteiger partial charge is 0.480 e. The number of pyridine rings is 1. The van der Waals surface area contributed by atoms with Crippen molar-refractivity contribution in [3.8, 4) is 0 Å². The van der Waals surface area contributed by atoms with Gasteiger partial charge in [-0.2, -0.15) is 0 Å². The van der Waals surface area contributed by atoms with Crippen LogP contribution in [0.5, 0.6) is 0 Å². The van der Waals surface area contributed by atoms with Gasteiger partial charge in [-0.25, -0.2) is 4.79 Å². The molecule has 0 fully saturated rings. The van der Waals surface area contributed by atoms with Gasteiger partial charge in [0.25, 0.3) is 5.91 Å². The number of carboxylic acid groups (broad SMARTS) is 1. The fraction of sp³-hybridized carbons (Fsp3) is 0.208. The number of carboxylic acids is 1. The average molecular weight is 472 g/mol. The standard InChI is InChI=1S/C24H23Cl2N3O3/c1-14(2)16-7-9-18(10-8-16)28-21(24(31)32)11-15-3-5-17(6-4-15)23(30)29-22-19(25)12-27-13-20(22)26/h3-10,12-14,21,28H,11H2,1-2H3,(H,31,32)(H,27,29,30). The zero-order chi connectivity index (χ0) is 23.3. The predicted molar refractivity (Wildman–Crippen MR) is 128 cm³/mol. The second kappa shape index (κ2) is 10.5. The molecule has 0 saturated carbocycles. The lowest BCUT2D eigenvalue weighted by Gasteiger charge is -2.17. The van der Waals surface area contributed by atoms with Crippen LogP contribution in [-0.2, 0) is 11.2 Å². The van der Waals surface area contributed by atoms with Crippen LogP contribution in [0.15, 0.2) is 60.9 Å². The normalized spacial score (nSPS) is 11.8. The fourth-order valence-corrected chi connectivity index (χ4v) is 3.57. The lowest BCUT2D eigenvalue weighted by Crippen LogP contribution is -2.31. The number of carbonyl (C=O) groups is 2. The van der Waals surface area contributed by atoms with Crippen LogP contribution in [0.4, 0.5) is 11.4 Å². The van der Waals surface area contributed by atoms with Gasteiger partial charge in [0, 0.05) is 30.1 Å². The predicted octanol–water partition coefficient (Wildman–Crippen LogP) is 5.87.